The van der Waals surface area contributed by atoms with Crippen molar-refractivity contribution in [3.05, 3.63) is 18.0 Å². The molecule has 0 fully saturated rings. The highest BCUT2D eigenvalue weighted by atomic mass is 16.1. The van der Waals surface area contributed by atoms with Crippen molar-refractivity contribution < 1.29 is 4.79 Å². The lowest BCUT2D eigenvalue weighted by atomic mass is 10.1. The van der Waals surface area contributed by atoms with Gasteiger partial charge in [0.15, 0.2) is 0 Å². The first-order chi connectivity index (χ1) is 5.24. The summed E-state index contributed by atoms with van der Waals surface area (Å²) < 4.78 is 1.64. The van der Waals surface area contributed by atoms with E-state index in [2.05, 4.69) is 18.9 Å². The summed E-state index contributed by atoms with van der Waals surface area (Å²) in [5.41, 5.74) is 1.17. The molecule has 11 heavy (non-hydrogen) atoms. The van der Waals surface area contributed by atoms with Crippen molar-refractivity contribution in [2.24, 2.45) is 0 Å². The van der Waals surface area contributed by atoms with Gasteiger partial charge in [-0.05, 0) is 11.5 Å². The van der Waals surface area contributed by atoms with Crippen LogP contribution in [0.5, 0.6) is 0 Å². The molecule has 0 unspecified atom stereocenters. The highest BCUT2D eigenvalue weighted by Gasteiger charge is 2.00. The molecule has 0 spiro atoms. The van der Waals surface area contributed by atoms with Crippen LogP contribution in [0.3, 0.4) is 0 Å². The summed E-state index contributed by atoms with van der Waals surface area (Å²) in [5, 5.41) is 4.01. The number of aldehydes is 1. The fraction of sp³-hybridized carbons (Fsp3) is 0.500. The standard InChI is InChI=1S/C8H12N2O/c1-7(2)8-5-9-10(6-8)3-4-11/h4-7H,3H2,1-2H3. The van der Waals surface area contributed by atoms with Crippen LogP contribution in [0.2, 0.25) is 0 Å². The molecule has 60 valence electrons. The van der Waals surface area contributed by atoms with E-state index >= 15 is 0 Å². The number of carbonyl (C=O) groups is 1. The second-order valence-corrected chi connectivity index (χ2v) is 2.82. The zero-order chi connectivity index (χ0) is 8.27. The molecule has 3 nitrogen and oxygen atoms in total. The summed E-state index contributed by atoms with van der Waals surface area (Å²) >= 11 is 0. The summed E-state index contributed by atoms with van der Waals surface area (Å²) in [7, 11) is 0. The molecule has 1 aromatic heterocycles. The molecule has 1 rings (SSSR count). The Hall–Kier alpha value is -1.12. The van der Waals surface area contributed by atoms with Gasteiger partial charge in [0.05, 0.1) is 12.7 Å². The number of nitrogens with zero attached hydrogens (tertiary/aromatic N) is 2. The van der Waals surface area contributed by atoms with E-state index in [-0.39, 0.29) is 0 Å². The lowest BCUT2D eigenvalue weighted by Gasteiger charge is -1.96. The maximum atomic E-state index is 10.1. The number of hydrogen-bond donors (Lipinski definition) is 0. The molecule has 0 saturated carbocycles. The van der Waals surface area contributed by atoms with Crippen LogP contribution < -0.4 is 0 Å². The van der Waals surface area contributed by atoms with Crippen LogP contribution in [0.25, 0.3) is 0 Å². The molecular formula is C8H12N2O. The minimum absolute atomic E-state index is 0.354. The van der Waals surface area contributed by atoms with Crippen LogP contribution in [0.1, 0.15) is 25.3 Å². The first-order valence-corrected chi connectivity index (χ1v) is 3.70. The molecule has 0 saturated heterocycles. The lowest BCUT2D eigenvalue weighted by molar-refractivity contribution is -0.108. The van der Waals surface area contributed by atoms with E-state index in [4.69, 9.17) is 0 Å². The van der Waals surface area contributed by atoms with Crippen LogP contribution >= 0.6 is 0 Å². The number of aromatic nitrogens is 2. The quantitative estimate of drug-likeness (QED) is 0.610. The van der Waals surface area contributed by atoms with Gasteiger partial charge < -0.3 is 4.79 Å². The molecule has 0 atom stereocenters. The van der Waals surface area contributed by atoms with Crippen molar-refractivity contribution in [2.75, 3.05) is 0 Å². The van der Waals surface area contributed by atoms with Gasteiger partial charge in [0.1, 0.15) is 6.29 Å². The van der Waals surface area contributed by atoms with Gasteiger partial charge in [-0.1, -0.05) is 13.8 Å². The normalized spacial score (nSPS) is 10.5. The largest absolute Gasteiger partial charge is 0.301 e. The van der Waals surface area contributed by atoms with Gasteiger partial charge in [-0.25, -0.2) is 0 Å². The number of carbonyl (C=O) groups excluding carboxylic acids is 1. The zero-order valence-corrected chi connectivity index (χ0v) is 6.82. The Labute approximate surface area is 66.0 Å². The van der Waals surface area contributed by atoms with Crippen LogP contribution in [0, 0.1) is 0 Å². The average molecular weight is 152 g/mol. The van der Waals surface area contributed by atoms with Gasteiger partial charge in [0.2, 0.25) is 0 Å². The summed E-state index contributed by atoms with van der Waals surface area (Å²) in [4.78, 5) is 10.1. The van der Waals surface area contributed by atoms with Gasteiger partial charge in [-0.15, -0.1) is 0 Å². The molecule has 0 aliphatic heterocycles. The van der Waals surface area contributed by atoms with Crippen molar-refractivity contribution in [1.82, 2.24) is 9.78 Å². The minimum Gasteiger partial charge on any atom is -0.301 e. The minimum atomic E-state index is 0.354. The van der Waals surface area contributed by atoms with E-state index < -0.39 is 0 Å². The fourth-order valence-corrected chi connectivity index (χ4v) is 0.854. The molecule has 0 aliphatic rings. The van der Waals surface area contributed by atoms with Crippen LogP contribution in [-0.2, 0) is 11.3 Å². The maximum absolute atomic E-state index is 10.1. The SMILES string of the molecule is CC(C)c1cnn(CC=O)c1. The fourth-order valence-electron chi connectivity index (χ4n) is 0.854. The van der Waals surface area contributed by atoms with Crippen LogP contribution in [-0.4, -0.2) is 16.1 Å². The molecule has 1 aromatic rings. The Bertz CT molecular complexity index is 240. The highest BCUT2D eigenvalue weighted by Crippen LogP contribution is 2.11. The molecule has 0 N–H and O–H groups in total. The van der Waals surface area contributed by atoms with E-state index in [1.165, 1.54) is 5.56 Å². The zero-order valence-electron chi connectivity index (χ0n) is 6.82. The summed E-state index contributed by atoms with van der Waals surface area (Å²) in [6.45, 7) is 4.55. The molecule has 0 aliphatic carbocycles. The summed E-state index contributed by atoms with van der Waals surface area (Å²) in [6, 6.07) is 0. The third-order valence-corrected chi connectivity index (χ3v) is 1.58. The Kier molecular flexibility index (Phi) is 2.41. The van der Waals surface area contributed by atoms with Gasteiger partial charge >= 0.3 is 0 Å². The molecule has 1 heterocycles. The number of rotatable bonds is 3. The van der Waals surface area contributed by atoms with Crippen molar-refractivity contribution in [1.29, 1.82) is 0 Å². The van der Waals surface area contributed by atoms with E-state index in [9.17, 15) is 4.79 Å². The molecule has 0 radical (unpaired) electrons. The van der Waals surface area contributed by atoms with E-state index in [0.29, 0.717) is 12.5 Å². The molecule has 0 aromatic carbocycles. The first kappa shape index (κ1) is 7.98. The van der Waals surface area contributed by atoms with Crippen LogP contribution in [0.4, 0.5) is 0 Å². The molecular weight excluding hydrogens is 140 g/mol. The van der Waals surface area contributed by atoms with Gasteiger partial charge in [0, 0.05) is 6.20 Å². The molecule has 0 bridgehead atoms. The smallest absolute Gasteiger partial charge is 0.141 e. The lowest BCUT2D eigenvalue weighted by Crippen LogP contribution is -1.98. The van der Waals surface area contributed by atoms with Gasteiger partial charge in [-0.2, -0.15) is 5.10 Å². The predicted octanol–water partition coefficient (Wildman–Crippen LogP) is 1.21. The predicted molar refractivity (Wildman–Crippen MR) is 42.4 cm³/mol. The maximum Gasteiger partial charge on any atom is 0.141 e. The third-order valence-electron chi connectivity index (χ3n) is 1.58. The summed E-state index contributed by atoms with van der Waals surface area (Å²) in [5.74, 6) is 0.482. The third kappa shape index (κ3) is 1.90. The monoisotopic (exact) mass is 152 g/mol. The van der Waals surface area contributed by atoms with Gasteiger partial charge in [-0.3, -0.25) is 4.68 Å². The van der Waals surface area contributed by atoms with Crippen molar-refractivity contribution >= 4 is 6.29 Å². The van der Waals surface area contributed by atoms with Crippen LogP contribution in [0.15, 0.2) is 12.4 Å². The van der Waals surface area contributed by atoms with E-state index in [1.54, 1.807) is 10.9 Å². The second-order valence-electron chi connectivity index (χ2n) is 2.82. The molecule has 3 heteroatoms. The summed E-state index contributed by atoms with van der Waals surface area (Å²) in [6.07, 6.45) is 4.55. The van der Waals surface area contributed by atoms with Crippen molar-refractivity contribution in [3.63, 3.8) is 0 Å². The van der Waals surface area contributed by atoms with Crippen molar-refractivity contribution in [2.45, 2.75) is 26.3 Å². The van der Waals surface area contributed by atoms with Gasteiger partial charge in [0.25, 0.3) is 0 Å². The Balaban J connectivity index is 2.73. The topological polar surface area (TPSA) is 34.9 Å². The Morgan fingerprint density at radius 3 is 2.91 bits per heavy atom. The second kappa shape index (κ2) is 3.32. The highest BCUT2D eigenvalue weighted by molar-refractivity contribution is 5.48. The van der Waals surface area contributed by atoms with Crippen molar-refractivity contribution in [3.8, 4) is 0 Å². The Morgan fingerprint density at radius 2 is 2.45 bits per heavy atom. The number of hydrogen-bond acceptors (Lipinski definition) is 2. The first-order valence-electron chi connectivity index (χ1n) is 3.70. The van der Waals surface area contributed by atoms with E-state index in [0.717, 1.165) is 6.29 Å². The Morgan fingerprint density at radius 1 is 1.73 bits per heavy atom. The average Bonchev–Trinajstić information content (AvgIpc) is 2.37. The molecule has 0 amide bonds. The van der Waals surface area contributed by atoms with E-state index in [1.807, 2.05) is 6.20 Å².